The summed E-state index contributed by atoms with van der Waals surface area (Å²) in [5, 5.41) is 0.863. The van der Waals surface area contributed by atoms with Crippen molar-refractivity contribution in [2.24, 2.45) is 0 Å². The van der Waals surface area contributed by atoms with Gasteiger partial charge in [0.25, 0.3) is 0 Å². The minimum Gasteiger partial charge on any atom is -0.464 e. The number of furan rings is 1. The molecule has 3 aromatic rings. The molecule has 0 aromatic carbocycles. The molecule has 7 heteroatoms. The molecule has 0 aliphatic rings. The molecule has 120 valence electrons. The fraction of sp³-hybridized carbons (Fsp3) is 0.312. The highest BCUT2D eigenvalue weighted by atomic mass is 32.1. The maximum atomic E-state index is 5.68. The van der Waals surface area contributed by atoms with Crippen LogP contribution in [0.3, 0.4) is 0 Å². The van der Waals surface area contributed by atoms with Crippen molar-refractivity contribution in [3.8, 4) is 0 Å². The van der Waals surface area contributed by atoms with E-state index >= 15 is 0 Å². The lowest BCUT2D eigenvalue weighted by Gasteiger charge is -2.20. The predicted octanol–water partition coefficient (Wildman–Crippen LogP) is 3.20. The van der Waals surface area contributed by atoms with Crippen molar-refractivity contribution in [2.75, 3.05) is 24.7 Å². The summed E-state index contributed by atoms with van der Waals surface area (Å²) in [7, 11) is 0. The lowest BCUT2D eigenvalue weighted by atomic mass is 10.4. The summed E-state index contributed by atoms with van der Waals surface area (Å²) in [6.45, 7) is 8.05. The lowest BCUT2D eigenvalue weighted by Crippen LogP contribution is -2.26. The summed E-state index contributed by atoms with van der Waals surface area (Å²) in [5.41, 5.74) is 0.667. The van der Waals surface area contributed by atoms with Gasteiger partial charge in [0.05, 0.1) is 19.8 Å². The van der Waals surface area contributed by atoms with E-state index in [0.29, 0.717) is 32.0 Å². The SMILES string of the molecule is C=CCOCCN(Cc1ccc(C)o1)c1nc2nccnc2s1. The van der Waals surface area contributed by atoms with E-state index in [1.54, 1.807) is 18.5 Å². The third kappa shape index (κ3) is 3.94. The summed E-state index contributed by atoms with van der Waals surface area (Å²) in [6.07, 6.45) is 5.07. The van der Waals surface area contributed by atoms with E-state index in [-0.39, 0.29) is 0 Å². The van der Waals surface area contributed by atoms with Crippen LogP contribution in [0.1, 0.15) is 11.5 Å². The van der Waals surface area contributed by atoms with Gasteiger partial charge in [-0.1, -0.05) is 17.4 Å². The van der Waals surface area contributed by atoms with Crippen molar-refractivity contribution in [1.82, 2.24) is 15.0 Å². The molecule has 3 aromatic heterocycles. The maximum Gasteiger partial charge on any atom is 0.191 e. The van der Waals surface area contributed by atoms with Gasteiger partial charge in [-0.05, 0) is 19.1 Å². The molecular weight excluding hydrogens is 312 g/mol. The van der Waals surface area contributed by atoms with E-state index < -0.39 is 0 Å². The number of hydrogen-bond acceptors (Lipinski definition) is 7. The summed E-state index contributed by atoms with van der Waals surface area (Å²) >= 11 is 1.52. The zero-order valence-electron chi connectivity index (χ0n) is 12.9. The van der Waals surface area contributed by atoms with E-state index in [1.807, 2.05) is 19.1 Å². The number of hydrogen-bond donors (Lipinski definition) is 0. The molecule has 3 rings (SSSR count). The van der Waals surface area contributed by atoms with Crippen LogP contribution in [0.25, 0.3) is 10.5 Å². The van der Waals surface area contributed by atoms with Gasteiger partial charge in [-0.3, -0.25) is 0 Å². The summed E-state index contributed by atoms with van der Waals surface area (Å²) in [5.74, 6) is 1.79. The molecule has 0 bridgehead atoms. The molecule has 0 saturated heterocycles. The zero-order valence-corrected chi connectivity index (χ0v) is 13.8. The van der Waals surface area contributed by atoms with E-state index in [0.717, 1.165) is 21.5 Å². The Kier molecular flexibility index (Phi) is 4.99. The third-order valence-electron chi connectivity index (χ3n) is 3.19. The second-order valence-corrected chi connectivity index (χ2v) is 5.94. The molecule has 0 spiro atoms. The Morgan fingerprint density at radius 3 is 2.96 bits per heavy atom. The number of aryl methyl sites for hydroxylation is 1. The molecule has 0 unspecified atom stereocenters. The molecule has 3 heterocycles. The van der Waals surface area contributed by atoms with Crippen molar-refractivity contribution < 1.29 is 9.15 Å². The van der Waals surface area contributed by atoms with Gasteiger partial charge in [-0.25, -0.2) is 9.97 Å². The summed E-state index contributed by atoms with van der Waals surface area (Å²) in [6, 6.07) is 3.94. The number of rotatable bonds is 8. The molecule has 23 heavy (non-hydrogen) atoms. The topological polar surface area (TPSA) is 64.3 Å². The average Bonchev–Trinajstić information content (AvgIpc) is 3.16. The molecule has 0 atom stereocenters. The summed E-state index contributed by atoms with van der Waals surface area (Å²) in [4.78, 5) is 16.1. The standard InChI is InChI=1S/C16H18N4O2S/c1-3-9-21-10-8-20(11-13-5-4-12(2)22-13)16-19-14-15(23-16)18-7-6-17-14/h3-7H,1,8-11H2,2H3. The van der Waals surface area contributed by atoms with Gasteiger partial charge < -0.3 is 14.1 Å². The highest BCUT2D eigenvalue weighted by molar-refractivity contribution is 7.21. The van der Waals surface area contributed by atoms with Crippen molar-refractivity contribution in [3.05, 3.63) is 48.7 Å². The molecule has 0 aliphatic heterocycles. The van der Waals surface area contributed by atoms with Gasteiger partial charge in [-0.2, -0.15) is 4.98 Å². The molecule has 6 nitrogen and oxygen atoms in total. The van der Waals surface area contributed by atoms with Crippen LogP contribution in [0, 0.1) is 6.92 Å². The zero-order chi connectivity index (χ0) is 16.1. The second kappa shape index (κ2) is 7.34. The number of aromatic nitrogens is 3. The first-order chi connectivity index (χ1) is 11.3. The van der Waals surface area contributed by atoms with Gasteiger partial charge in [-0.15, -0.1) is 6.58 Å². The number of ether oxygens (including phenoxy) is 1. The summed E-state index contributed by atoms with van der Waals surface area (Å²) < 4.78 is 11.2. The van der Waals surface area contributed by atoms with E-state index in [4.69, 9.17) is 9.15 Å². The second-order valence-electron chi connectivity index (χ2n) is 4.98. The first kappa shape index (κ1) is 15.6. The van der Waals surface area contributed by atoms with E-state index in [1.165, 1.54) is 11.3 Å². The Morgan fingerprint density at radius 2 is 2.22 bits per heavy atom. The quantitative estimate of drug-likeness (QED) is 0.467. The van der Waals surface area contributed by atoms with Crippen LogP contribution in [-0.2, 0) is 11.3 Å². The molecule has 0 saturated carbocycles. The molecular formula is C16H18N4O2S. The Labute approximate surface area is 138 Å². The molecule has 0 radical (unpaired) electrons. The van der Waals surface area contributed by atoms with Crippen LogP contribution in [0.4, 0.5) is 5.13 Å². The third-order valence-corrected chi connectivity index (χ3v) is 4.20. The lowest BCUT2D eigenvalue weighted by molar-refractivity contribution is 0.168. The first-order valence-corrected chi connectivity index (χ1v) is 8.14. The van der Waals surface area contributed by atoms with Crippen molar-refractivity contribution in [3.63, 3.8) is 0 Å². The van der Waals surface area contributed by atoms with E-state index in [9.17, 15) is 0 Å². The fourth-order valence-electron chi connectivity index (χ4n) is 2.14. The number of nitrogens with zero attached hydrogens (tertiary/aromatic N) is 4. The Balaban J connectivity index is 1.79. The van der Waals surface area contributed by atoms with Crippen molar-refractivity contribution >= 4 is 26.9 Å². The molecule has 0 fully saturated rings. The first-order valence-electron chi connectivity index (χ1n) is 7.32. The van der Waals surface area contributed by atoms with Gasteiger partial charge >= 0.3 is 0 Å². The minimum absolute atomic E-state index is 0.538. The maximum absolute atomic E-state index is 5.68. The van der Waals surface area contributed by atoms with Crippen LogP contribution in [0.15, 0.2) is 41.6 Å². The highest BCUT2D eigenvalue weighted by Gasteiger charge is 2.15. The molecule has 0 aliphatic carbocycles. The van der Waals surface area contributed by atoms with Gasteiger partial charge in [0.15, 0.2) is 15.6 Å². The fourth-order valence-corrected chi connectivity index (χ4v) is 3.04. The van der Waals surface area contributed by atoms with Crippen LogP contribution in [-0.4, -0.2) is 34.7 Å². The largest absolute Gasteiger partial charge is 0.464 e. The predicted molar refractivity (Wildman–Crippen MR) is 90.7 cm³/mol. The van der Waals surface area contributed by atoms with Crippen molar-refractivity contribution in [1.29, 1.82) is 0 Å². The Bertz CT molecular complexity index is 750. The van der Waals surface area contributed by atoms with Crippen LogP contribution >= 0.6 is 11.3 Å². The van der Waals surface area contributed by atoms with Crippen molar-refractivity contribution in [2.45, 2.75) is 13.5 Å². The highest BCUT2D eigenvalue weighted by Crippen LogP contribution is 2.27. The normalized spacial score (nSPS) is 11.0. The van der Waals surface area contributed by atoms with Gasteiger partial charge in [0, 0.05) is 18.9 Å². The Hall–Kier alpha value is -2.25. The number of fused-ring (bicyclic) bond motifs is 1. The number of anilines is 1. The van der Waals surface area contributed by atoms with Crippen LogP contribution in [0.2, 0.25) is 0 Å². The molecule has 0 N–H and O–H groups in total. The number of thiazole rings is 1. The smallest absolute Gasteiger partial charge is 0.191 e. The van der Waals surface area contributed by atoms with Crippen LogP contribution in [0.5, 0.6) is 0 Å². The average molecular weight is 330 g/mol. The minimum atomic E-state index is 0.538. The van der Waals surface area contributed by atoms with Gasteiger partial charge in [0.1, 0.15) is 11.5 Å². The van der Waals surface area contributed by atoms with Gasteiger partial charge in [0.2, 0.25) is 0 Å². The Morgan fingerprint density at radius 1 is 1.35 bits per heavy atom. The van der Waals surface area contributed by atoms with E-state index in [2.05, 4.69) is 26.4 Å². The monoisotopic (exact) mass is 330 g/mol. The van der Waals surface area contributed by atoms with Crippen LogP contribution < -0.4 is 4.90 Å². The molecule has 0 amide bonds.